The predicted octanol–water partition coefficient (Wildman–Crippen LogP) is 2.72. The first-order valence-electron chi connectivity index (χ1n) is 17.8. The van der Waals surface area contributed by atoms with Crippen LogP contribution in [0.5, 0.6) is 46.0 Å². The largest absolute Gasteiger partial charge is 1.00 e. The van der Waals surface area contributed by atoms with Crippen LogP contribution in [0.2, 0.25) is 0 Å². The normalized spacial score (nSPS) is 15.4. The molecule has 4 aliphatic rings. The fraction of sp³-hybridized carbons (Fsp3) is 0.262. The number of rotatable bonds is 8. The number of aliphatic hydroxyl groups is 2. The number of aromatic nitrogens is 1. The summed E-state index contributed by atoms with van der Waals surface area (Å²) in [6, 6.07) is 20.5. The van der Waals surface area contributed by atoms with Crippen LogP contribution in [0.1, 0.15) is 28.3 Å². The second-order valence-electron chi connectivity index (χ2n) is 13.2. The van der Waals surface area contributed by atoms with Crippen LogP contribution in [0.4, 0.5) is 0 Å². The maximum absolute atomic E-state index is 9.16. The van der Waals surface area contributed by atoms with Crippen LogP contribution in [0.15, 0.2) is 79.3 Å². The molecule has 6 aromatic rings. The van der Waals surface area contributed by atoms with E-state index in [9.17, 15) is 0 Å². The lowest BCUT2D eigenvalue weighted by molar-refractivity contribution is -0.509. The second-order valence-corrected chi connectivity index (χ2v) is 13.2. The van der Waals surface area contributed by atoms with Crippen LogP contribution in [0, 0.1) is 0 Å². The molecule has 0 fully saturated rings. The van der Waals surface area contributed by atoms with E-state index in [1.807, 2.05) is 48.8 Å². The number of halogens is 1. The molecule has 2 N–H and O–H groups in total. The molecule has 284 valence electrons. The van der Waals surface area contributed by atoms with Crippen molar-refractivity contribution in [3.05, 3.63) is 102 Å². The molecule has 1 unspecified atom stereocenters. The molecular weight excluding hydrogens is 728 g/mol. The lowest BCUT2D eigenvalue weighted by atomic mass is 9.85. The molecule has 1 atom stereocenters. The summed E-state index contributed by atoms with van der Waals surface area (Å²) in [7, 11) is 3.25. The van der Waals surface area contributed by atoms with Gasteiger partial charge in [-0.25, -0.2) is 0 Å². The summed E-state index contributed by atoms with van der Waals surface area (Å²) >= 11 is 0. The maximum atomic E-state index is 9.16. The molecule has 55 heavy (non-hydrogen) atoms. The minimum Gasteiger partial charge on any atom is -1.00 e. The number of hydrogen-bond acceptors (Lipinski definition) is 11. The third-order valence-corrected chi connectivity index (χ3v) is 10.2. The van der Waals surface area contributed by atoms with Crippen LogP contribution in [-0.4, -0.2) is 69.3 Å². The van der Waals surface area contributed by atoms with Gasteiger partial charge in [0.15, 0.2) is 58.4 Å². The number of benzene rings is 4. The summed E-state index contributed by atoms with van der Waals surface area (Å²) in [6.07, 6.45) is 9.14. The Hall–Kier alpha value is -5.82. The first-order valence-corrected chi connectivity index (χ1v) is 17.8. The van der Waals surface area contributed by atoms with Crippen molar-refractivity contribution in [1.29, 1.82) is 0 Å². The fourth-order valence-corrected chi connectivity index (χ4v) is 7.68. The van der Waals surface area contributed by atoms with Gasteiger partial charge in [-0.3, -0.25) is 0 Å². The molecule has 0 radical (unpaired) electrons. The van der Waals surface area contributed by atoms with Gasteiger partial charge in [0.05, 0.1) is 44.2 Å². The first-order chi connectivity index (χ1) is 26.6. The molecule has 0 saturated heterocycles. The van der Waals surface area contributed by atoms with E-state index in [1.54, 1.807) is 14.2 Å². The molecule has 0 spiro atoms. The summed E-state index contributed by atoms with van der Waals surface area (Å²) in [5.41, 5.74) is 5.84. The highest BCUT2D eigenvalue weighted by Gasteiger charge is 2.33. The van der Waals surface area contributed by atoms with E-state index in [2.05, 4.69) is 45.8 Å². The molecule has 0 aliphatic carbocycles. The van der Waals surface area contributed by atoms with Crippen molar-refractivity contribution in [3.63, 3.8) is 0 Å². The van der Waals surface area contributed by atoms with E-state index >= 15 is 0 Å². The Balaban J connectivity index is 0.000000153. The van der Waals surface area contributed by atoms with Crippen molar-refractivity contribution in [1.82, 2.24) is 4.90 Å². The Morgan fingerprint density at radius 2 is 1.40 bits per heavy atom. The quantitative estimate of drug-likeness (QED) is 0.135. The number of hydrogen-bond donors (Lipinski definition) is 2. The van der Waals surface area contributed by atoms with E-state index in [0.29, 0.717) is 17.2 Å². The highest BCUT2D eigenvalue weighted by Crippen LogP contribution is 2.47. The van der Waals surface area contributed by atoms with Crippen molar-refractivity contribution in [2.75, 3.05) is 54.2 Å². The summed E-state index contributed by atoms with van der Waals surface area (Å²) in [5.74, 6) is 5.86. The SMILES string of the molecule is COc1ccc2c(c1OCCO)CN1C=Cc3cc4c(cc3C1C2)OCO4.COc1ccc2cc3c4cc5c(cc4cc[n+]3cc2c1OCCO)OCO5.[Cl-]. The van der Waals surface area contributed by atoms with E-state index < -0.39 is 0 Å². The molecule has 0 amide bonds. The van der Waals surface area contributed by atoms with Crippen molar-refractivity contribution < 1.29 is 64.9 Å². The van der Waals surface area contributed by atoms with Gasteiger partial charge < -0.3 is 65.4 Å². The number of ether oxygens (including phenoxy) is 8. The van der Waals surface area contributed by atoms with Crippen molar-refractivity contribution in [3.8, 4) is 46.0 Å². The van der Waals surface area contributed by atoms with Gasteiger partial charge in [0, 0.05) is 30.4 Å². The average molecular weight is 767 g/mol. The Morgan fingerprint density at radius 1 is 0.745 bits per heavy atom. The van der Waals surface area contributed by atoms with Crippen molar-refractivity contribution in [2.24, 2.45) is 0 Å². The molecule has 13 heteroatoms. The fourth-order valence-electron chi connectivity index (χ4n) is 7.68. The van der Waals surface area contributed by atoms with E-state index in [4.69, 9.17) is 48.1 Å². The third kappa shape index (κ3) is 6.45. The van der Waals surface area contributed by atoms with Gasteiger partial charge in [0.2, 0.25) is 19.1 Å². The van der Waals surface area contributed by atoms with E-state index in [-0.39, 0.29) is 58.5 Å². The van der Waals surface area contributed by atoms with Gasteiger partial charge in [-0.15, -0.1) is 0 Å². The van der Waals surface area contributed by atoms with Gasteiger partial charge in [-0.05, 0) is 82.4 Å². The summed E-state index contributed by atoms with van der Waals surface area (Å²) in [4.78, 5) is 2.32. The number of fused-ring (bicyclic) bond motifs is 10. The van der Waals surface area contributed by atoms with Gasteiger partial charge in [0.1, 0.15) is 13.2 Å². The Morgan fingerprint density at radius 3 is 2.15 bits per heavy atom. The second kappa shape index (κ2) is 15.1. The van der Waals surface area contributed by atoms with E-state index in [0.717, 1.165) is 74.3 Å². The molecule has 0 bridgehead atoms. The lowest BCUT2D eigenvalue weighted by Crippen LogP contribution is -3.00. The average Bonchev–Trinajstić information content (AvgIpc) is 3.88. The summed E-state index contributed by atoms with van der Waals surface area (Å²) in [5, 5.41) is 22.4. The zero-order valence-electron chi connectivity index (χ0n) is 30.2. The smallest absolute Gasteiger partial charge is 0.231 e. The highest BCUT2D eigenvalue weighted by molar-refractivity contribution is 6.00. The van der Waals surface area contributed by atoms with Crippen LogP contribution >= 0.6 is 0 Å². The van der Waals surface area contributed by atoms with E-state index in [1.165, 1.54) is 16.7 Å². The zero-order valence-corrected chi connectivity index (χ0v) is 31.0. The van der Waals surface area contributed by atoms with Crippen LogP contribution in [-0.2, 0) is 13.0 Å². The standard InChI is InChI=1S/C21H21NO5.C21H18NO5.ClH/c2*1-24-18-3-2-13-8-17-15-10-20-19(26-12-27-20)9-14(15)4-5-22(17)11-16(13)21(18)25-7-6-23;/h2-5,9-10,17,23H,6-8,11-12H2,1H3;2-5,8-11,23H,6-7,12H2,1H3;1H/q;+1;/p-1. The molecule has 4 aliphatic heterocycles. The molecule has 10 rings (SSSR count). The molecule has 2 aromatic heterocycles. The summed E-state index contributed by atoms with van der Waals surface area (Å²) in [6.45, 7) is 1.63. The van der Waals surface area contributed by atoms with Gasteiger partial charge in [-0.2, -0.15) is 4.40 Å². The van der Waals surface area contributed by atoms with Crippen LogP contribution in [0.3, 0.4) is 0 Å². The van der Waals surface area contributed by atoms with Crippen molar-refractivity contribution >= 4 is 33.1 Å². The molecule has 6 heterocycles. The molecular formula is C42H39ClN2O10. The predicted molar refractivity (Wildman–Crippen MR) is 199 cm³/mol. The number of pyridine rings is 2. The Bertz CT molecular complexity index is 2460. The van der Waals surface area contributed by atoms with Crippen molar-refractivity contribution in [2.45, 2.75) is 19.0 Å². The molecule has 0 saturated carbocycles. The Labute approximate surface area is 322 Å². The minimum atomic E-state index is -0.0575. The number of methoxy groups -OCH3 is 2. The highest BCUT2D eigenvalue weighted by atomic mass is 35.5. The first kappa shape index (κ1) is 36.2. The monoisotopic (exact) mass is 766 g/mol. The van der Waals surface area contributed by atoms with Crippen LogP contribution in [0.25, 0.3) is 33.1 Å². The van der Waals surface area contributed by atoms with Gasteiger partial charge in [0.25, 0.3) is 0 Å². The Kier molecular flexibility index (Phi) is 9.95. The molecule has 4 aromatic carbocycles. The molecule has 12 nitrogen and oxygen atoms in total. The zero-order chi connectivity index (χ0) is 36.8. The number of aliphatic hydroxyl groups excluding tert-OH is 2. The number of nitrogens with zero attached hydrogens (tertiary/aromatic N) is 2. The third-order valence-electron chi connectivity index (χ3n) is 10.2. The summed E-state index contributed by atoms with van der Waals surface area (Å²) < 4.78 is 46.7. The van der Waals surface area contributed by atoms with Crippen LogP contribution < -0.4 is 54.7 Å². The van der Waals surface area contributed by atoms with Gasteiger partial charge in [-0.1, -0.05) is 6.07 Å². The topological polar surface area (TPSA) is 122 Å². The van der Waals surface area contributed by atoms with Gasteiger partial charge >= 0.3 is 0 Å². The lowest BCUT2D eigenvalue weighted by Gasteiger charge is -2.40. The minimum absolute atomic E-state index is 0. The maximum Gasteiger partial charge on any atom is 0.231 e.